The van der Waals surface area contributed by atoms with E-state index >= 15 is 0 Å². The van der Waals surface area contributed by atoms with E-state index in [1.165, 1.54) is 5.56 Å². The van der Waals surface area contributed by atoms with Crippen LogP contribution in [0.5, 0.6) is 0 Å². The fraction of sp³-hybridized carbons (Fsp3) is 0.333. The lowest BCUT2D eigenvalue weighted by molar-refractivity contribution is -0.121. The highest BCUT2D eigenvalue weighted by molar-refractivity contribution is 5.78. The van der Waals surface area contributed by atoms with Gasteiger partial charge in [-0.3, -0.25) is 13.9 Å². The van der Waals surface area contributed by atoms with Gasteiger partial charge in [-0.25, -0.2) is 4.79 Å². The van der Waals surface area contributed by atoms with Crippen molar-refractivity contribution in [2.45, 2.75) is 46.3 Å². The number of para-hydroxylation sites is 2. The number of nitrogens with zero attached hydrogens (tertiary/aromatic N) is 2. The summed E-state index contributed by atoms with van der Waals surface area (Å²) in [6.45, 7) is 6.95. The van der Waals surface area contributed by atoms with Gasteiger partial charge < -0.3 is 5.32 Å². The van der Waals surface area contributed by atoms with Crippen LogP contribution in [0.2, 0.25) is 0 Å². The van der Waals surface area contributed by atoms with Crippen LogP contribution in [0.1, 0.15) is 37.4 Å². The Balaban J connectivity index is 1.70. The van der Waals surface area contributed by atoms with Crippen molar-refractivity contribution in [2.75, 3.05) is 0 Å². The summed E-state index contributed by atoms with van der Waals surface area (Å²) in [6.07, 6.45) is 0.272. The summed E-state index contributed by atoms with van der Waals surface area (Å²) in [5, 5.41) is 3.01. The molecule has 0 radical (unpaired) electrons. The minimum absolute atomic E-state index is 0.0571. The molecule has 26 heavy (non-hydrogen) atoms. The van der Waals surface area contributed by atoms with E-state index in [2.05, 4.69) is 5.32 Å². The van der Waals surface area contributed by atoms with Crippen LogP contribution in [0.4, 0.5) is 0 Å². The summed E-state index contributed by atoms with van der Waals surface area (Å²) in [7, 11) is 0. The van der Waals surface area contributed by atoms with Gasteiger partial charge in [0.1, 0.15) is 0 Å². The minimum atomic E-state index is -0.0620. The largest absolute Gasteiger partial charge is 0.350 e. The van der Waals surface area contributed by atoms with Gasteiger partial charge in [0.05, 0.1) is 17.1 Å². The van der Waals surface area contributed by atoms with Crippen LogP contribution < -0.4 is 11.0 Å². The zero-order valence-corrected chi connectivity index (χ0v) is 15.5. The number of aryl methyl sites for hydroxylation is 3. The van der Waals surface area contributed by atoms with Crippen molar-refractivity contribution < 1.29 is 4.79 Å². The predicted molar refractivity (Wildman–Crippen MR) is 104 cm³/mol. The smallest absolute Gasteiger partial charge is 0.329 e. The molecule has 1 amide bonds. The molecule has 3 rings (SSSR count). The Morgan fingerprint density at radius 2 is 1.65 bits per heavy atom. The van der Waals surface area contributed by atoms with Crippen LogP contribution >= 0.6 is 0 Å². The predicted octanol–water partition coefficient (Wildman–Crippen LogP) is 3.40. The molecule has 0 bridgehead atoms. The number of rotatable bonds is 6. The molecule has 0 spiro atoms. The van der Waals surface area contributed by atoms with Gasteiger partial charge in [-0.15, -0.1) is 0 Å². The van der Waals surface area contributed by atoms with Crippen LogP contribution in [-0.4, -0.2) is 15.0 Å². The molecule has 0 saturated carbocycles. The molecule has 0 fully saturated rings. The first-order chi connectivity index (χ1) is 12.5. The third-order valence-corrected chi connectivity index (χ3v) is 4.76. The molecule has 5 heteroatoms. The van der Waals surface area contributed by atoms with Gasteiger partial charge >= 0.3 is 5.69 Å². The van der Waals surface area contributed by atoms with Gasteiger partial charge in [0, 0.05) is 19.5 Å². The first-order valence-electron chi connectivity index (χ1n) is 9.05. The topological polar surface area (TPSA) is 56.0 Å². The molecule has 1 N–H and O–H groups in total. The third-order valence-electron chi connectivity index (χ3n) is 4.76. The number of hydrogen-bond acceptors (Lipinski definition) is 2. The monoisotopic (exact) mass is 351 g/mol. The lowest BCUT2D eigenvalue weighted by atomic mass is 10.1. The van der Waals surface area contributed by atoms with E-state index in [1.54, 1.807) is 9.13 Å². The average molecular weight is 351 g/mol. The van der Waals surface area contributed by atoms with Crippen LogP contribution in [-0.2, 0) is 17.9 Å². The summed E-state index contributed by atoms with van der Waals surface area (Å²) in [4.78, 5) is 25.0. The number of benzene rings is 2. The standard InChI is InChI=1S/C21H25N3O2/c1-4-23-18-7-5-6-8-19(18)24(21(23)26)14-13-20(25)22-16(3)17-11-9-15(2)10-12-17/h5-12,16H,4,13-14H2,1-3H3,(H,22,25). The summed E-state index contributed by atoms with van der Waals surface area (Å²) < 4.78 is 3.43. The molecule has 0 saturated heterocycles. The Hall–Kier alpha value is -2.82. The molecule has 0 aliphatic carbocycles. The quantitative estimate of drug-likeness (QED) is 0.740. The van der Waals surface area contributed by atoms with Crippen molar-refractivity contribution >= 4 is 16.9 Å². The van der Waals surface area contributed by atoms with Gasteiger partial charge in [-0.05, 0) is 38.5 Å². The normalized spacial score (nSPS) is 12.3. The zero-order chi connectivity index (χ0) is 18.7. The third kappa shape index (κ3) is 3.57. The van der Waals surface area contributed by atoms with Crippen molar-refractivity contribution in [3.63, 3.8) is 0 Å². The number of fused-ring (bicyclic) bond motifs is 1. The number of aromatic nitrogens is 2. The van der Waals surface area contributed by atoms with Crippen molar-refractivity contribution in [3.05, 3.63) is 70.1 Å². The zero-order valence-electron chi connectivity index (χ0n) is 15.5. The lowest BCUT2D eigenvalue weighted by Gasteiger charge is -2.14. The van der Waals surface area contributed by atoms with Gasteiger partial charge in [0.25, 0.3) is 0 Å². The first-order valence-corrected chi connectivity index (χ1v) is 9.05. The number of amides is 1. The minimum Gasteiger partial charge on any atom is -0.350 e. The van der Waals surface area contributed by atoms with Crippen LogP contribution in [0.15, 0.2) is 53.3 Å². The number of carbonyl (C=O) groups is 1. The highest BCUT2D eigenvalue weighted by Gasteiger charge is 2.14. The molecule has 1 unspecified atom stereocenters. The van der Waals surface area contributed by atoms with Crippen molar-refractivity contribution in [1.82, 2.24) is 14.5 Å². The van der Waals surface area contributed by atoms with E-state index in [1.807, 2.05) is 69.3 Å². The van der Waals surface area contributed by atoms with Crippen LogP contribution in [0.25, 0.3) is 11.0 Å². The molecule has 1 aromatic heterocycles. The Kier molecular flexibility index (Phi) is 5.26. The molecule has 136 valence electrons. The molecule has 1 heterocycles. The molecule has 5 nitrogen and oxygen atoms in total. The second-order valence-corrected chi connectivity index (χ2v) is 6.62. The summed E-state index contributed by atoms with van der Waals surface area (Å²) in [5.41, 5.74) is 3.99. The van der Waals surface area contributed by atoms with Gasteiger partial charge in [0.15, 0.2) is 0 Å². The van der Waals surface area contributed by atoms with Gasteiger partial charge in [0.2, 0.25) is 5.91 Å². The second kappa shape index (κ2) is 7.60. The Labute approximate surface area is 153 Å². The summed E-state index contributed by atoms with van der Waals surface area (Å²) >= 11 is 0. The maximum Gasteiger partial charge on any atom is 0.329 e. The summed E-state index contributed by atoms with van der Waals surface area (Å²) in [6, 6.07) is 15.8. The van der Waals surface area contributed by atoms with Crippen molar-refractivity contribution in [2.24, 2.45) is 0 Å². The average Bonchev–Trinajstić information content (AvgIpc) is 2.91. The van der Waals surface area contributed by atoms with E-state index in [4.69, 9.17) is 0 Å². The molecule has 0 aliphatic heterocycles. The number of carbonyl (C=O) groups excluding carboxylic acids is 1. The summed E-state index contributed by atoms with van der Waals surface area (Å²) in [5.74, 6) is -0.0571. The first kappa shape index (κ1) is 18.0. The lowest BCUT2D eigenvalue weighted by Crippen LogP contribution is -2.30. The number of imidazole rings is 1. The molecule has 1 atom stereocenters. The molecule has 0 aliphatic rings. The van der Waals surface area contributed by atoms with Crippen molar-refractivity contribution in [3.8, 4) is 0 Å². The maximum atomic E-state index is 12.6. The van der Waals surface area contributed by atoms with Crippen LogP contribution in [0, 0.1) is 6.92 Å². The van der Waals surface area contributed by atoms with E-state index in [0.717, 1.165) is 16.6 Å². The van der Waals surface area contributed by atoms with E-state index < -0.39 is 0 Å². The highest BCUT2D eigenvalue weighted by atomic mass is 16.2. The molecular formula is C21H25N3O2. The Bertz CT molecular complexity index is 967. The highest BCUT2D eigenvalue weighted by Crippen LogP contribution is 2.15. The number of hydrogen-bond donors (Lipinski definition) is 1. The SMILES string of the molecule is CCn1c(=O)n(CCC(=O)NC(C)c2ccc(C)cc2)c2ccccc21. The van der Waals surface area contributed by atoms with Gasteiger partial charge in [-0.1, -0.05) is 42.0 Å². The second-order valence-electron chi connectivity index (χ2n) is 6.62. The molecular weight excluding hydrogens is 326 g/mol. The molecule has 2 aromatic carbocycles. The molecule has 3 aromatic rings. The Morgan fingerprint density at radius 1 is 1.04 bits per heavy atom. The van der Waals surface area contributed by atoms with Crippen LogP contribution in [0.3, 0.4) is 0 Å². The van der Waals surface area contributed by atoms with Crippen molar-refractivity contribution in [1.29, 1.82) is 0 Å². The maximum absolute atomic E-state index is 12.6. The fourth-order valence-electron chi connectivity index (χ4n) is 3.26. The van der Waals surface area contributed by atoms with E-state index in [0.29, 0.717) is 13.1 Å². The number of nitrogens with one attached hydrogen (secondary N) is 1. The van der Waals surface area contributed by atoms with E-state index in [9.17, 15) is 9.59 Å². The Morgan fingerprint density at radius 3 is 2.27 bits per heavy atom. The van der Waals surface area contributed by atoms with Gasteiger partial charge in [-0.2, -0.15) is 0 Å². The van der Waals surface area contributed by atoms with E-state index in [-0.39, 0.29) is 24.1 Å². The fourth-order valence-corrected chi connectivity index (χ4v) is 3.26.